The van der Waals surface area contributed by atoms with Crippen molar-refractivity contribution in [3.63, 3.8) is 0 Å². The van der Waals surface area contributed by atoms with E-state index < -0.39 is 10.0 Å². The van der Waals surface area contributed by atoms with Gasteiger partial charge in [-0.3, -0.25) is 4.79 Å². The highest BCUT2D eigenvalue weighted by Crippen LogP contribution is 2.23. The summed E-state index contributed by atoms with van der Waals surface area (Å²) in [6.45, 7) is 6.39. The lowest BCUT2D eigenvalue weighted by Gasteiger charge is -2.34. The van der Waals surface area contributed by atoms with E-state index in [2.05, 4.69) is 12.2 Å². The first-order valence-corrected chi connectivity index (χ1v) is 11.9. The van der Waals surface area contributed by atoms with Crippen LogP contribution in [0.3, 0.4) is 0 Å². The van der Waals surface area contributed by atoms with E-state index in [1.807, 2.05) is 44.2 Å². The topological polar surface area (TPSA) is 75.7 Å². The third-order valence-corrected chi connectivity index (χ3v) is 7.03. The molecule has 1 amide bonds. The fourth-order valence-corrected chi connectivity index (χ4v) is 5.45. The normalized spacial score (nSPS) is 21.2. The molecule has 6 nitrogen and oxygen atoms in total. The van der Waals surface area contributed by atoms with Crippen molar-refractivity contribution < 1.29 is 17.9 Å². The van der Waals surface area contributed by atoms with Gasteiger partial charge in [0.05, 0.1) is 23.1 Å². The van der Waals surface area contributed by atoms with Crippen molar-refractivity contribution >= 4 is 15.9 Å². The van der Waals surface area contributed by atoms with Crippen LogP contribution in [0.4, 0.5) is 0 Å². The van der Waals surface area contributed by atoms with Crippen molar-refractivity contribution in [2.24, 2.45) is 0 Å². The van der Waals surface area contributed by atoms with Crippen molar-refractivity contribution in [1.29, 1.82) is 0 Å². The second kappa shape index (κ2) is 9.73. The molecule has 30 heavy (non-hydrogen) atoms. The number of ether oxygens (including phenoxy) is 1. The molecule has 3 rings (SSSR count). The number of benzene rings is 2. The Balaban J connectivity index is 1.81. The Bertz CT molecular complexity index is 952. The second-order valence-corrected chi connectivity index (χ2v) is 9.77. The van der Waals surface area contributed by atoms with E-state index in [0.29, 0.717) is 18.7 Å². The summed E-state index contributed by atoms with van der Waals surface area (Å²) in [7, 11) is -3.70. The fraction of sp³-hybridized carbons (Fsp3) is 0.435. The number of hydrogen-bond acceptors (Lipinski definition) is 4. The van der Waals surface area contributed by atoms with Gasteiger partial charge in [-0.2, -0.15) is 4.31 Å². The van der Waals surface area contributed by atoms with E-state index in [9.17, 15) is 13.2 Å². The molecule has 0 bridgehead atoms. The first kappa shape index (κ1) is 22.5. The molecule has 0 aromatic heterocycles. The molecule has 1 saturated heterocycles. The molecular weight excluding hydrogens is 400 g/mol. The van der Waals surface area contributed by atoms with E-state index in [-0.39, 0.29) is 29.1 Å². The van der Waals surface area contributed by atoms with E-state index in [0.717, 1.165) is 18.4 Å². The summed E-state index contributed by atoms with van der Waals surface area (Å²) in [5, 5.41) is 3.06. The molecule has 2 aromatic rings. The first-order chi connectivity index (χ1) is 14.3. The lowest BCUT2D eigenvalue weighted by molar-refractivity contribution is -0.0440. The number of carbonyl (C=O) groups excluding carboxylic acids is 1. The number of sulfonamides is 1. The maximum atomic E-state index is 13.1. The molecule has 7 heteroatoms. The Morgan fingerprint density at radius 1 is 1.10 bits per heavy atom. The molecule has 3 atom stereocenters. The minimum atomic E-state index is -3.70. The predicted octanol–water partition coefficient (Wildman–Crippen LogP) is 3.76. The Hall–Kier alpha value is -2.22. The third kappa shape index (κ3) is 5.28. The highest BCUT2D eigenvalue weighted by atomic mass is 32.2. The molecule has 2 aromatic carbocycles. The standard InChI is InChI=1S/C23H30N2O4S/c1-4-9-22(19-10-6-5-7-11-19)24-23(26)20-12-8-13-21(14-20)30(27,28)25-15-17(2)29-18(3)16-25/h5-8,10-14,17-18,22H,4,9,15-16H2,1-3H3,(H,24,26). The number of hydrogen-bond donors (Lipinski definition) is 1. The van der Waals surface area contributed by atoms with Gasteiger partial charge in [-0.05, 0) is 44.0 Å². The Kier molecular flexibility index (Phi) is 7.28. The van der Waals surface area contributed by atoms with Crippen molar-refractivity contribution in [3.8, 4) is 0 Å². The van der Waals surface area contributed by atoms with Crippen LogP contribution in [0, 0.1) is 0 Å². The zero-order valence-corrected chi connectivity index (χ0v) is 18.6. The van der Waals surface area contributed by atoms with Crippen LogP contribution in [-0.4, -0.2) is 43.9 Å². The maximum absolute atomic E-state index is 13.1. The van der Waals surface area contributed by atoms with Crippen LogP contribution in [0.15, 0.2) is 59.5 Å². The molecule has 1 aliphatic heterocycles. The summed E-state index contributed by atoms with van der Waals surface area (Å²) < 4.78 is 33.4. The average Bonchev–Trinajstić information content (AvgIpc) is 2.73. The van der Waals surface area contributed by atoms with Gasteiger partial charge in [0.25, 0.3) is 5.91 Å². The fourth-order valence-electron chi connectivity index (χ4n) is 3.81. The lowest BCUT2D eigenvalue weighted by Crippen LogP contribution is -2.48. The summed E-state index contributed by atoms with van der Waals surface area (Å²) >= 11 is 0. The van der Waals surface area contributed by atoms with Crippen LogP contribution >= 0.6 is 0 Å². The average molecular weight is 431 g/mol. The lowest BCUT2D eigenvalue weighted by atomic mass is 10.0. The minimum absolute atomic E-state index is 0.120. The number of nitrogens with zero attached hydrogens (tertiary/aromatic N) is 1. The van der Waals surface area contributed by atoms with Crippen molar-refractivity contribution in [3.05, 3.63) is 65.7 Å². The second-order valence-electron chi connectivity index (χ2n) is 7.83. The monoisotopic (exact) mass is 430 g/mol. The highest BCUT2D eigenvalue weighted by Gasteiger charge is 2.32. The van der Waals surface area contributed by atoms with E-state index in [1.54, 1.807) is 12.1 Å². The molecule has 0 saturated carbocycles. The number of nitrogens with one attached hydrogen (secondary N) is 1. The van der Waals surface area contributed by atoms with Crippen molar-refractivity contribution in [1.82, 2.24) is 9.62 Å². The molecule has 1 aliphatic rings. The Morgan fingerprint density at radius 3 is 2.40 bits per heavy atom. The van der Waals surface area contributed by atoms with Crippen LogP contribution in [0.25, 0.3) is 0 Å². The Morgan fingerprint density at radius 2 is 1.77 bits per heavy atom. The van der Waals surface area contributed by atoms with Crippen LogP contribution in [0.5, 0.6) is 0 Å². The molecule has 0 aliphatic carbocycles. The molecule has 0 spiro atoms. The summed E-state index contributed by atoms with van der Waals surface area (Å²) in [5.41, 5.74) is 1.37. The van der Waals surface area contributed by atoms with Gasteiger partial charge in [0, 0.05) is 18.7 Å². The number of amides is 1. The van der Waals surface area contributed by atoms with Gasteiger partial charge in [0.1, 0.15) is 0 Å². The van der Waals surface area contributed by atoms with Crippen LogP contribution < -0.4 is 5.32 Å². The highest BCUT2D eigenvalue weighted by molar-refractivity contribution is 7.89. The summed E-state index contributed by atoms with van der Waals surface area (Å²) in [4.78, 5) is 13.1. The van der Waals surface area contributed by atoms with E-state index in [4.69, 9.17) is 4.74 Å². The maximum Gasteiger partial charge on any atom is 0.251 e. The van der Waals surface area contributed by atoms with Crippen molar-refractivity contribution in [2.75, 3.05) is 13.1 Å². The van der Waals surface area contributed by atoms with Crippen LogP contribution in [0.2, 0.25) is 0 Å². The van der Waals surface area contributed by atoms with Gasteiger partial charge in [0.2, 0.25) is 10.0 Å². The smallest absolute Gasteiger partial charge is 0.251 e. The number of rotatable bonds is 7. The summed E-state index contributed by atoms with van der Waals surface area (Å²) in [5.74, 6) is -0.280. The molecule has 1 N–H and O–H groups in total. The van der Waals surface area contributed by atoms with Crippen molar-refractivity contribution in [2.45, 2.75) is 56.8 Å². The number of carbonyl (C=O) groups is 1. The predicted molar refractivity (Wildman–Crippen MR) is 117 cm³/mol. The van der Waals surface area contributed by atoms with Crippen LogP contribution in [-0.2, 0) is 14.8 Å². The third-order valence-electron chi connectivity index (χ3n) is 5.20. The summed E-state index contributed by atoms with van der Waals surface area (Å²) in [6, 6.07) is 16.0. The van der Waals surface area contributed by atoms with Gasteiger partial charge < -0.3 is 10.1 Å². The molecule has 1 fully saturated rings. The van der Waals surface area contributed by atoms with Gasteiger partial charge >= 0.3 is 0 Å². The Labute approximate surface area is 179 Å². The van der Waals surface area contributed by atoms with Gasteiger partial charge in [-0.1, -0.05) is 49.7 Å². The zero-order valence-electron chi connectivity index (χ0n) is 17.7. The molecule has 3 unspecified atom stereocenters. The molecule has 162 valence electrons. The van der Waals surface area contributed by atoms with Gasteiger partial charge in [0.15, 0.2) is 0 Å². The SMILES string of the molecule is CCCC(NC(=O)c1cccc(S(=O)(=O)N2CC(C)OC(C)C2)c1)c1ccccc1. The largest absolute Gasteiger partial charge is 0.373 e. The van der Waals surface area contributed by atoms with Gasteiger partial charge in [-0.15, -0.1) is 0 Å². The first-order valence-electron chi connectivity index (χ1n) is 10.4. The molecular formula is C23H30N2O4S. The van der Waals surface area contributed by atoms with E-state index in [1.165, 1.54) is 16.4 Å². The molecule has 1 heterocycles. The number of morpholine rings is 1. The van der Waals surface area contributed by atoms with Gasteiger partial charge in [-0.25, -0.2) is 8.42 Å². The van der Waals surface area contributed by atoms with E-state index >= 15 is 0 Å². The summed E-state index contributed by atoms with van der Waals surface area (Å²) in [6.07, 6.45) is 1.38. The zero-order chi connectivity index (χ0) is 21.7. The minimum Gasteiger partial charge on any atom is -0.373 e. The quantitative estimate of drug-likeness (QED) is 0.726. The van der Waals surface area contributed by atoms with Crippen LogP contribution in [0.1, 0.15) is 55.6 Å². The molecule has 0 radical (unpaired) electrons.